The summed E-state index contributed by atoms with van der Waals surface area (Å²) < 4.78 is 8.08. The Morgan fingerprint density at radius 3 is 1.66 bits per heavy atom. The van der Waals surface area contributed by atoms with Gasteiger partial charge in [0.25, 0.3) is 0 Å². The predicted molar refractivity (Wildman–Crippen MR) is 129 cm³/mol. The number of imidazole rings is 2. The Labute approximate surface area is 183 Å². The van der Waals surface area contributed by atoms with Gasteiger partial charge in [-0.3, -0.25) is 8.80 Å². The molecule has 0 saturated carbocycles. The average molecular weight is 463 g/mol. The molecule has 7 aromatic heterocycles. The molecule has 8 rings (SSSR count). The minimum Gasteiger partial charge on any atom is -0.281 e. The van der Waals surface area contributed by atoms with Gasteiger partial charge in [0, 0.05) is 21.5 Å². The van der Waals surface area contributed by atoms with E-state index in [9.17, 15) is 0 Å². The molecule has 136 valence electrons. The molecule has 0 fully saturated rings. The standard InChI is InChI=1S/C20H6N4S5/c25-19-13-11-7(15-21-17-9(23(15)19)3-5-27-17)1-2-8-12(11)14(29-13)20(26)24-10-4-6-28-18(10)22-16(8)24/h1-6H. The Morgan fingerprint density at radius 2 is 1.17 bits per heavy atom. The van der Waals surface area contributed by atoms with Gasteiger partial charge >= 0.3 is 0 Å². The van der Waals surface area contributed by atoms with Crippen LogP contribution < -0.4 is 0 Å². The second-order valence-corrected chi connectivity index (χ2v) is 10.6. The Hall–Kier alpha value is -2.30. The lowest BCUT2D eigenvalue weighted by molar-refractivity contribution is 1.24. The second-order valence-electron chi connectivity index (χ2n) is 7.04. The Morgan fingerprint density at radius 1 is 0.690 bits per heavy atom. The molecule has 0 N–H and O–H groups in total. The molecule has 0 radical (unpaired) electrons. The van der Waals surface area contributed by atoms with Gasteiger partial charge < -0.3 is 0 Å². The first-order valence-corrected chi connectivity index (χ1v) is 12.2. The van der Waals surface area contributed by atoms with Crippen molar-refractivity contribution in [1.82, 2.24) is 18.8 Å². The molecule has 0 aliphatic carbocycles. The highest BCUT2D eigenvalue weighted by Gasteiger charge is 2.23. The van der Waals surface area contributed by atoms with Crippen LogP contribution in [0.3, 0.4) is 0 Å². The fourth-order valence-corrected chi connectivity index (χ4v) is 8.05. The third-order valence-electron chi connectivity index (χ3n) is 5.71. The van der Waals surface area contributed by atoms with E-state index < -0.39 is 0 Å². The van der Waals surface area contributed by atoms with Crippen LogP contribution in [-0.2, 0) is 0 Å². The van der Waals surface area contributed by atoms with Gasteiger partial charge in [-0.2, -0.15) is 0 Å². The summed E-state index contributed by atoms with van der Waals surface area (Å²) in [5, 5.41) is 8.74. The molecule has 0 saturated heterocycles. The summed E-state index contributed by atoms with van der Waals surface area (Å²) in [5.74, 6) is 0. The molecule has 0 unspecified atom stereocenters. The van der Waals surface area contributed by atoms with E-state index in [0.29, 0.717) is 0 Å². The van der Waals surface area contributed by atoms with Crippen LogP contribution in [0.2, 0.25) is 0 Å². The SMILES string of the molecule is S=c1c2sc3c(=S)n4c5ccsc5nc4c4ccc(c2c34)c2nc3sccc3n12. The number of fused-ring (bicyclic) bond motifs is 8. The van der Waals surface area contributed by atoms with Crippen LogP contribution >= 0.6 is 58.4 Å². The van der Waals surface area contributed by atoms with Crippen molar-refractivity contribution in [2.45, 2.75) is 0 Å². The molecule has 29 heavy (non-hydrogen) atoms. The van der Waals surface area contributed by atoms with Gasteiger partial charge in [0.15, 0.2) is 0 Å². The third kappa shape index (κ3) is 1.61. The lowest BCUT2D eigenvalue weighted by atomic mass is 10.0. The number of hydrogen-bond donors (Lipinski definition) is 0. The quantitative estimate of drug-likeness (QED) is 0.175. The molecule has 0 aliphatic rings. The van der Waals surface area contributed by atoms with Gasteiger partial charge in [-0.1, -0.05) is 24.4 Å². The van der Waals surface area contributed by atoms with E-state index in [2.05, 4.69) is 43.8 Å². The van der Waals surface area contributed by atoms with Crippen molar-refractivity contribution in [2.24, 2.45) is 0 Å². The maximum Gasteiger partial charge on any atom is 0.148 e. The van der Waals surface area contributed by atoms with Crippen molar-refractivity contribution >= 4 is 121 Å². The number of aromatic nitrogens is 4. The number of rotatable bonds is 0. The summed E-state index contributed by atoms with van der Waals surface area (Å²) in [4.78, 5) is 11.9. The van der Waals surface area contributed by atoms with Crippen LogP contribution in [-0.4, -0.2) is 18.8 Å². The van der Waals surface area contributed by atoms with Gasteiger partial charge in [-0.15, -0.1) is 34.0 Å². The van der Waals surface area contributed by atoms with Crippen molar-refractivity contribution in [2.75, 3.05) is 0 Å². The molecule has 4 nitrogen and oxygen atoms in total. The summed E-state index contributed by atoms with van der Waals surface area (Å²) in [6.45, 7) is 0. The maximum atomic E-state index is 5.96. The lowest BCUT2D eigenvalue weighted by Gasteiger charge is -2.06. The van der Waals surface area contributed by atoms with Crippen molar-refractivity contribution in [3.63, 3.8) is 0 Å². The van der Waals surface area contributed by atoms with Gasteiger partial charge in [-0.25, -0.2) is 9.97 Å². The molecule has 8 aromatic rings. The lowest BCUT2D eigenvalue weighted by Crippen LogP contribution is -1.91. The average Bonchev–Trinajstić information content (AvgIpc) is 3.49. The number of benzene rings is 1. The van der Waals surface area contributed by atoms with Gasteiger partial charge in [-0.05, 0) is 35.0 Å². The zero-order valence-corrected chi connectivity index (χ0v) is 18.4. The van der Waals surface area contributed by atoms with E-state index in [1.807, 2.05) is 0 Å². The first kappa shape index (κ1) is 15.5. The molecular weight excluding hydrogens is 457 g/mol. The zero-order valence-electron chi connectivity index (χ0n) is 14.3. The predicted octanol–water partition coefficient (Wildman–Crippen LogP) is 7.27. The fraction of sp³-hybridized carbons (Fsp3) is 0. The van der Waals surface area contributed by atoms with Crippen LogP contribution in [0.4, 0.5) is 0 Å². The minimum absolute atomic E-state index is 0.815. The van der Waals surface area contributed by atoms with Crippen LogP contribution in [0.5, 0.6) is 0 Å². The van der Waals surface area contributed by atoms with Gasteiger partial charge in [0.05, 0.1) is 20.4 Å². The van der Waals surface area contributed by atoms with Gasteiger partial charge in [0.2, 0.25) is 0 Å². The van der Waals surface area contributed by atoms with Crippen LogP contribution in [0, 0.1) is 9.28 Å². The molecule has 1 aromatic carbocycles. The molecule has 0 atom stereocenters. The third-order valence-corrected chi connectivity index (χ3v) is 9.54. The van der Waals surface area contributed by atoms with Crippen LogP contribution in [0.15, 0.2) is 35.0 Å². The van der Waals surface area contributed by atoms with Crippen molar-refractivity contribution in [1.29, 1.82) is 0 Å². The topological polar surface area (TPSA) is 34.6 Å². The largest absolute Gasteiger partial charge is 0.281 e. The second kappa shape index (κ2) is 4.88. The molecule has 9 heteroatoms. The molecule has 7 heterocycles. The zero-order chi connectivity index (χ0) is 19.0. The van der Waals surface area contributed by atoms with E-state index >= 15 is 0 Å². The van der Waals surface area contributed by atoms with E-state index in [1.165, 1.54) is 10.8 Å². The molecule has 0 bridgehead atoms. The van der Waals surface area contributed by atoms with Gasteiger partial charge in [0.1, 0.15) is 30.2 Å². The van der Waals surface area contributed by atoms with Crippen LogP contribution in [0.25, 0.3) is 62.9 Å². The highest BCUT2D eigenvalue weighted by Crippen LogP contribution is 2.45. The van der Waals surface area contributed by atoms with Crippen molar-refractivity contribution in [3.05, 3.63) is 44.3 Å². The van der Waals surface area contributed by atoms with E-state index in [-0.39, 0.29) is 0 Å². The Kier molecular flexibility index (Phi) is 2.61. The highest BCUT2D eigenvalue weighted by atomic mass is 32.1. The van der Waals surface area contributed by atoms with Crippen LogP contribution in [0.1, 0.15) is 0 Å². The number of nitrogens with zero attached hydrogens (tertiary/aromatic N) is 4. The molecule has 0 aliphatic heterocycles. The summed E-state index contributed by atoms with van der Waals surface area (Å²) in [5.41, 5.74) is 4.03. The molecule has 0 amide bonds. The maximum absolute atomic E-state index is 5.96. The molecular formula is C20H6N4S5. The van der Waals surface area contributed by atoms with E-state index in [4.69, 9.17) is 34.4 Å². The normalized spacial score (nSPS) is 13.1. The minimum atomic E-state index is 0.815. The monoisotopic (exact) mass is 462 g/mol. The summed E-state index contributed by atoms with van der Waals surface area (Å²) in [7, 11) is 0. The van der Waals surface area contributed by atoms with Crippen molar-refractivity contribution < 1.29 is 0 Å². The number of hydrogen-bond acceptors (Lipinski definition) is 7. The summed E-state index contributed by atoms with van der Waals surface area (Å²) >= 11 is 16.9. The van der Waals surface area contributed by atoms with E-state index in [0.717, 1.165) is 61.4 Å². The summed E-state index contributed by atoms with van der Waals surface area (Å²) in [6.07, 6.45) is 0. The summed E-state index contributed by atoms with van der Waals surface area (Å²) in [6, 6.07) is 8.53. The van der Waals surface area contributed by atoms with E-state index in [1.54, 1.807) is 34.0 Å². The highest BCUT2D eigenvalue weighted by molar-refractivity contribution is 7.72. The Bertz CT molecular complexity index is 1920. The first-order chi connectivity index (χ1) is 14.2. The number of pyridine rings is 2. The van der Waals surface area contributed by atoms with Crippen molar-refractivity contribution in [3.8, 4) is 0 Å². The number of thiophene rings is 3. The first-order valence-electron chi connectivity index (χ1n) is 8.84. The smallest absolute Gasteiger partial charge is 0.148 e. The molecule has 0 spiro atoms. The Balaban J connectivity index is 1.77. The fourth-order valence-electron chi connectivity index (χ4n) is 4.55.